The van der Waals surface area contributed by atoms with Crippen LogP contribution in [0.4, 0.5) is 15.2 Å². The molecule has 1 atom stereocenters. The van der Waals surface area contributed by atoms with Crippen molar-refractivity contribution in [1.82, 2.24) is 4.98 Å². The third-order valence-corrected chi connectivity index (χ3v) is 5.62. The van der Waals surface area contributed by atoms with Crippen molar-refractivity contribution in [3.63, 3.8) is 0 Å². The molecule has 0 aliphatic carbocycles. The number of hydrogen-bond donors (Lipinski definition) is 1. The third-order valence-electron chi connectivity index (χ3n) is 4.79. The zero-order chi connectivity index (χ0) is 18.6. The van der Waals surface area contributed by atoms with Gasteiger partial charge in [-0.05, 0) is 48.2 Å². The number of halogens is 1. The summed E-state index contributed by atoms with van der Waals surface area (Å²) in [6, 6.07) is 14.0. The minimum absolute atomic E-state index is 0.0347. The maximum absolute atomic E-state index is 13.1. The lowest BCUT2D eigenvalue weighted by molar-refractivity contribution is -0.120. The summed E-state index contributed by atoms with van der Waals surface area (Å²) < 4.78 is 13.1. The molecule has 0 radical (unpaired) electrons. The first-order chi connectivity index (χ1) is 13.2. The van der Waals surface area contributed by atoms with Crippen LogP contribution in [0, 0.1) is 11.7 Å². The molecule has 1 fully saturated rings. The van der Waals surface area contributed by atoms with Crippen LogP contribution in [0.25, 0.3) is 11.1 Å². The molecule has 138 valence electrons. The summed E-state index contributed by atoms with van der Waals surface area (Å²) in [5.74, 6) is -0.282. The van der Waals surface area contributed by atoms with E-state index in [9.17, 15) is 9.18 Å². The number of anilines is 2. The van der Waals surface area contributed by atoms with Crippen LogP contribution in [0.3, 0.4) is 0 Å². The number of thiazole rings is 1. The fourth-order valence-corrected chi connectivity index (χ4v) is 4.08. The van der Waals surface area contributed by atoms with Gasteiger partial charge < -0.3 is 10.2 Å². The van der Waals surface area contributed by atoms with E-state index in [1.165, 1.54) is 12.1 Å². The average Bonchev–Trinajstić information content (AvgIpc) is 3.24. The maximum atomic E-state index is 13.1. The van der Waals surface area contributed by atoms with Gasteiger partial charge in [-0.25, -0.2) is 9.37 Å². The van der Waals surface area contributed by atoms with Crippen LogP contribution in [0.2, 0.25) is 0 Å². The van der Waals surface area contributed by atoms with Crippen molar-refractivity contribution in [2.75, 3.05) is 23.3 Å². The fraction of sp³-hybridized carbons (Fsp3) is 0.238. The maximum Gasteiger partial charge on any atom is 0.229 e. The Kier molecular flexibility index (Phi) is 5.16. The number of hydrogen-bond acceptors (Lipinski definition) is 4. The number of carbonyl (C=O) groups is 1. The lowest BCUT2D eigenvalue weighted by Gasteiger charge is -2.31. The number of piperidine rings is 1. The Morgan fingerprint density at radius 1 is 1.19 bits per heavy atom. The van der Waals surface area contributed by atoms with Crippen molar-refractivity contribution >= 4 is 28.1 Å². The summed E-state index contributed by atoms with van der Waals surface area (Å²) in [6.45, 7) is 1.63. The van der Waals surface area contributed by atoms with E-state index in [2.05, 4.69) is 15.2 Å². The fourth-order valence-electron chi connectivity index (χ4n) is 3.40. The predicted molar refractivity (Wildman–Crippen MR) is 108 cm³/mol. The SMILES string of the molecule is O=C(Nc1cccc(-c2ccc(F)cc2)c1)[C@H]1CCCN(c2nccs2)C1. The number of aromatic nitrogens is 1. The molecule has 1 saturated heterocycles. The third kappa shape index (κ3) is 4.17. The van der Waals surface area contributed by atoms with Crippen LogP contribution in [0.15, 0.2) is 60.1 Å². The summed E-state index contributed by atoms with van der Waals surface area (Å²) >= 11 is 1.60. The lowest BCUT2D eigenvalue weighted by atomic mass is 9.97. The van der Waals surface area contributed by atoms with Gasteiger partial charge in [0.1, 0.15) is 5.82 Å². The van der Waals surface area contributed by atoms with Crippen molar-refractivity contribution in [1.29, 1.82) is 0 Å². The number of carbonyl (C=O) groups excluding carboxylic acids is 1. The summed E-state index contributed by atoms with van der Waals surface area (Å²) in [7, 11) is 0. The lowest BCUT2D eigenvalue weighted by Crippen LogP contribution is -2.40. The Bertz CT molecular complexity index is 911. The minimum atomic E-state index is -0.259. The van der Waals surface area contributed by atoms with Gasteiger partial charge in [0.25, 0.3) is 0 Å². The average molecular weight is 381 g/mol. The highest BCUT2D eigenvalue weighted by molar-refractivity contribution is 7.13. The van der Waals surface area contributed by atoms with E-state index < -0.39 is 0 Å². The largest absolute Gasteiger partial charge is 0.347 e. The molecule has 6 heteroatoms. The molecule has 2 heterocycles. The second-order valence-corrected chi connectivity index (χ2v) is 7.55. The highest BCUT2D eigenvalue weighted by Gasteiger charge is 2.27. The van der Waals surface area contributed by atoms with Gasteiger partial charge in [0.05, 0.1) is 5.92 Å². The molecule has 1 aromatic heterocycles. The number of benzene rings is 2. The molecular weight excluding hydrogens is 361 g/mol. The van der Waals surface area contributed by atoms with Gasteiger partial charge in [0.2, 0.25) is 5.91 Å². The summed E-state index contributed by atoms with van der Waals surface area (Å²) in [4.78, 5) is 19.3. The van der Waals surface area contributed by atoms with E-state index in [0.717, 1.165) is 41.3 Å². The molecule has 1 N–H and O–H groups in total. The molecule has 0 bridgehead atoms. The van der Waals surface area contributed by atoms with E-state index in [-0.39, 0.29) is 17.6 Å². The van der Waals surface area contributed by atoms with E-state index in [4.69, 9.17) is 0 Å². The predicted octanol–water partition coefficient (Wildman–Crippen LogP) is 4.80. The first-order valence-electron chi connectivity index (χ1n) is 9.00. The monoisotopic (exact) mass is 381 g/mol. The number of nitrogens with one attached hydrogen (secondary N) is 1. The molecule has 3 aromatic rings. The van der Waals surface area contributed by atoms with Crippen molar-refractivity contribution in [2.24, 2.45) is 5.92 Å². The Morgan fingerprint density at radius 3 is 2.81 bits per heavy atom. The quantitative estimate of drug-likeness (QED) is 0.706. The van der Waals surface area contributed by atoms with Crippen LogP contribution in [0.1, 0.15) is 12.8 Å². The molecule has 0 saturated carbocycles. The number of rotatable bonds is 4. The molecule has 1 amide bonds. The van der Waals surface area contributed by atoms with Gasteiger partial charge in [-0.15, -0.1) is 11.3 Å². The standard InChI is InChI=1S/C21H20FN3OS/c22-18-8-6-15(7-9-18)16-3-1-5-19(13-16)24-20(26)17-4-2-11-25(14-17)21-23-10-12-27-21/h1,3,5-10,12-13,17H,2,4,11,14H2,(H,24,26)/t17-/m0/s1. The Labute approximate surface area is 161 Å². The zero-order valence-electron chi connectivity index (χ0n) is 14.8. The normalized spacial score (nSPS) is 16.9. The first-order valence-corrected chi connectivity index (χ1v) is 9.88. The Hall–Kier alpha value is -2.73. The molecule has 0 spiro atoms. The Balaban J connectivity index is 1.45. The van der Waals surface area contributed by atoms with Gasteiger partial charge in [-0.2, -0.15) is 0 Å². The number of nitrogens with zero attached hydrogens (tertiary/aromatic N) is 2. The van der Waals surface area contributed by atoms with Crippen molar-refractivity contribution < 1.29 is 9.18 Å². The topological polar surface area (TPSA) is 45.2 Å². The molecule has 2 aromatic carbocycles. The second kappa shape index (κ2) is 7.88. The van der Waals surface area contributed by atoms with Gasteiger partial charge in [-0.3, -0.25) is 4.79 Å². The van der Waals surface area contributed by atoms with Gasteiger partial charge in [-0.1, -0.05) is 24.3 Å². The van der Waals surface area contributed by atoms with Crippen molar-refractivity contribution in [3.8, 4) is 11.1 Å². The Morgan fingerprint density at radius 2 is 2.04 bits per heavy atom. The van der Waals surface area contributed by atoms with Crippen LogP contribution in [-0.4, -0.2) is 24.0 Å². The van der Waals surface area contributed by atoms with Gasteiger partial charge in [0, 0.05) is 30.4 Å². The van der Waals surface area contributed by atoms with Crippen molar-refractivity contribution in [3.05, 3.63) is 65.9 Å². The molecular formula is C21H20FN3OS. The molecule has 0 unspecified atom stereocenters. The van der Waals surface area contributed by atoms with Crippen LogP contribution >= 0.6 is 11.3 Å². The van der Waals surface area contributed by atoms with E-state index in [1.807, 2.05) is 29.6 Å². The van der Waals surface area contributed by atoms with Crippen molar-refractivity contribution in [2.45, 2.75) is 12.8 Å². The van der Waals surface area contributed by atoms with E-state index in [1.54, 1.807) is 29.7 Å². The summed E-state index contributed by atoms with van der Waals surface area (Å²) in [5.41, 5.74) is 2.62. The zero-order valence-corrected chi connectivity index (χ0v) is 15.6. The minimum Gasteiger partial charge on any atom is -0.347 e. The molecule has 27 heavy (non-hydrogen) atoms. The molecule has 4 rings (SSSR count). The van der Waals surface area contributed by atoms with Gasteiger partial charge >= 0.3 is 0 Å². The first kappa shape index (κ1) is 17.7. The smallest absolute Gasteiger partial charge is 0.229 e. The summed E-state index contributed by atoms with van der Waals surface area (Å²) in [6.07, 6.45) is 3.66. The molecule has 1 aliphatic rings. The van der Waals surface area contributed by atoms with Gasteiger partial charge in [0.15, 0.2) is 5.13 Å². The van der Waals surface area contributed by atoms with E-state index in [0.29, 0.717) is 6.54 Å². The van der Waals surface area contributed by atoms with Crippen LogP contribution in [-0.2, 0) is 4.79 Å². The highest BCUT2D eigenvalue weighted by Crippen LogP contribution is 2.27. The van der Waals surface area contributed by atoms with Crippen LogP contribution < -0.4 is 10.2 Å². The van der Waals surface area contributed by atoms with E-state index >= 15 is 0 Å². The summed E-state index contributed by atoms with van der Waals surface area (Å²) in [5, 5.41) is 5.98. The highest BCUT2D eigenvalue weighted by atomic mass is 32.1. The second-order valence-electron chi connectivity index (χ2n) is 6.68. The molecule has 1 aliphatic heterocycles. The van der Waals surface area contributed by atoms with Crippen LogP contribution in [0.5, 0.6) is 0 Å². The number of amides is 1. The molecule has 4 nitrogen and oxygen atoms in total.